The van der Waals surface area contributed by atoms with E-state index in [4.69, 9.17) is 26.4 Å². The van der Waals surface area contributed by atoms with E-state index < -0.39 is 0 Å². The van der Waals surface area contributed by atoms with Crippen LogP contribution in [0.2, 0.25) is 5.02 Å². The Morgan fingerprint density at radius 1 is 1.13 bits per heavy atom. The second-order valence-electron chi connectivity index (χ2n) is 7.29. The fourth-order valence-electron chi connectivity index (χ4n) is 4.19. The topological polar surface area (TPSA) is 52.0 Å². The molecule has 0 radical (unpaired) electrons. The van der Waals surface area contributed by atoms with E-state index in [0.717, 1.165) is 39.3 Å². The zero-order chi connectivity index (χ0) is 20.9. The van der Waals surface area contributed by atoms with E-state index in [1.165, 1.54) is 16.6 Å². The SMILES string of the molecule is CSc1nc2n(n1)[C@H](c1cccs1)C1=C(N2)c2cc(Cl)ccc2O[C@H]1c1ccccc1. The second-order valence-corrected chi connectivity index (χ2v) is 9.48. The highest BCUT2D eigenvalue weighted by atomic mass is 35.5. The van der Waals surface area contributed by atoms with Gasteiger partial charge < -0.3 is 10.1 Å². The Labute approximate surface area is 192 Å². The summed E-state index contributed by atoms with van der Waals surface area (Å²) in [4.78, 5) is 5.90. The third kappa shape index (κ3) is 3.07. The van der Waals surface area contributed by atoms with Gasteiger partial charge in [0.05, 0.1) is 5.70 Å². The number of nitrogens with zero attached hydrogens (tertiary/aromatic N) is 3. The Morgan fingerprint density at radius 3 is 2.77 bits per heavy atom. The lowest BCUT2D eigenvalue weighted by atomic mass is 9.87. The number of hydrogen-bond acceptors (Lipinski definition) is 6. The monoisotopic (exact) mass is 464 g/mol. The van der Waals surface area contributed by atoms with E-state index >= 15 is 0 Å². The van der Waals surface area contributed by atoms with Gasteiger partial charge in [-0.15, -0.1) is 16.4 Å². The minimum Gasteiger partial charge on any atom is -0.480 e. The molecule has 0 fully saturated rings. The highest BCUT2D eigenvalue weighted by molar-refractivity contribution is 7.98. The molecular formula is C23H17ClN4OS2. The Morgan fingerprint density at radius 2 is 2.00 bits per heavy atom. The molecule has 2 atom stereocenters. The number of thioether (sulfide) groups is 1. The number of anilines is 1. The van der Waals surface area contributed by atoms with Gasteiger partial charge in [-0.1, -0.05) is 59.8 Å². The van der Waals surface area contributed by atoms with E-state index in [0.29, 0.717) is 5.02 Å². The van der Waals surface area contributed by atoms with Crippen molar-refractivity contribution in [2.45, 2.75) is 17.3 Å². The number of hydrogen-bond donors (Lipinski definition) is 1. The van der Waals surface area contributed by atoms with Crippen LogP contribution in [-0.2, 0) is 0 Å². The number of halogens is 1. The lowest BCUT2D eigenvalue weighted by Crippen LogP contribution is -2.32. The van der Waals surface area contributed by atoms with Crippen molar-refractivity contribution in [3.05, 3.63) is 92.6 Å². The van der Waals surface area contributed by atoms with Gasteiger partial charge in [0.25, 0.3) is 0 Å². The quantitative estimate of drug-likeness (QED) is 0.362. The van der Waals surface area contributed by atoms with Crippen molar-refractivity contribution in [2.24, 2.45) is 0 Å². The van der Waals surface area contributed by atoms with Gasteiger partial charge in [0.2, 0.25) is 11.1 Å². The van der Waals surface area contributed by atoms with E-state index in [-0.39, 0.29) is 12.1 Å². The molecule has 6 rings (SSSR count). The molecule has 5 nitrogen and oxygen atoms in total. The van der Waals surface area contributed by atoms with Gasteiger partial charge in [-0.05, 0) is 41.5 Å². The first-order valence-corrected chi connectivity index (χ1v) is 12.3. The molecule has 31 heavy (non-hydrogen) atoms. The molecule has 0 saturated heterocycles. The van der Waals surface area contributed by atoms with Gasteiger partial charge in [0.1, 0.15) is 17.9 Å². The molecule has 1 N–H and O–H groups in total. The maximum Gasteiger partial charge on any atom is 0.227 e. The number of thiophene rings is 1. The van der Waals surface area contributed by atoms with Gasteiger partial charge in [-0.25, -0.2) is 4.68 Å². The first-order valence-electron chi connectivity index (χ1n) is 9.79. The summed E-state index contributed by atoms with van der Waals surface area (Å²) in [6.45, 7) is 0. The standard InChI is InChI=1S/C23H17ClN4OS2/c1-30-23-26-22-25-19-15-12-14(24)9-10-16(15)29-21(13-6-3-2-4-7-13)18(19)20(28(22)27-23)17-8-5-11-31-17/h2-12,20-21H,1H3,(H,25,26,27)/t20-,21+/m1/s1. The minimum atomic E-state index is -0.264. The summed E-state index contributed by atoms with van der Waals surface area (Å²) in [7, 11) is 0. The molecule has 2 aliphatic heterocycles. The second kappa shape index (κ2) is 7.44. The number of aromatic nitrogens is 3. The van der Waals surface area contributed by atoms with Gasteiger partial charge in [0.15, 0.2) is 0 Å². The maximum absolute atomic E-state index is 6.60. The van der Waals surface area contributed by atoms with Crippen molar-refractivity contribution in [3.63, 3.8) is 0 Å². The van der Waals surface area contributed by atoms with E-state index in [1.54, 1.807) is 11.3 Å². The van der Waals surface area contributed by atoms with Crippen LogP contribution in [0.4, 0.5) is 5.95 Å². The van der Waals surface area contributed by atoms with Crippen LogP contribution in [0.3, 0.4) is 0 Å². The highest BCUT2D eigenvalue weighted by Crippen LogP contribution is 2.51. The normalized spacial score (nSPS) is 19.2. The Bertz CT molecular complexity index is 1300. The zero-order valence-corrected chi connectivity index (χ0v) is 18.8. The summed E-state index contributed by atoms with van der Waals surface area (Å²) in [5.74, 6) is 1.52. The summed E-state index contributed by atoms with van der Waals surface area (Å²) >= 11 is 9.62. The van der Waals surface area contributed by atoms with Crippen molar-refractivity contribution < 1.29 is 4.74 Å². The molecule has 2 aliphatic rings. The highest BCUT2D eigenvalue weighted by Gasteiger charge is 2.41. The smallest absolute Gasteiger partial charge is 0.227 e. The Hall–Kier alpha value is -2.74. The van der Waals surface area contributed by atoms with E-state index in [1.807, 2.05) is 47.3 Å². The predicted octanol–water partition coefficient (Wildman–Crippen LogP) is 6.27. The molecular weight excluding hydrogens is 448 g/mol. The summed E-state index contributed by atoms with van der Waals surface area (Å²) in [6.07, 6.45) is 1.72. The largest absolute Gasteiger partial charge is 0.480 e. The molecule has 2 aromatic heterocycles. The van der Waals surface area contributed by atoms with E-state index in [9.17, 15) is 0 Å². The van der Waals surface area contributed by atoms with Crippen molar-refractivity contribution in [1.29, 1.82) is 0 Å². The van der Waals surface area contributed by atoms with Crippen molar-refractivity contribution in [3.8, 4) is 5.75 Å². The molecule has 154 valence electrons. The van der Waals surface area contributed by atoms with Crippen LogP contribution in [0.5, 0.6) is 5.75 Å². The summed E-state index contributed by atoms with van der Waals surface area (Å²) < 4.78 is 8.58. The van der Waals surface area contributed by atoms with Crippen LogP contribution in [-0.4, -0.2) is 21.0 Å². The molecule has 4 heterocycles. The van der Waals surface area contributed by atoms with Crippen LogP contribution in [0.15, 0.2) is 76.8 Å². The molecule has 0 aliphatic carbocycles. The van der Waals surface area contributed by atoms with Crippen LogP contribution in [0.1, 0.15) is 28.1 Å². The van der Waals surface area contributed by atoms with E-state index in [2.05, 4.69) is 35.0 Å². The van der Waals surface area contributed by atoms with Crippen LogP contribution < -0.4 is 10.1 Å². The summed E-state index contributed by atoms with van der Waals surface area (Å²) in [5, 5.41) is 11.8. The lowest BCUT2D eigenvalue weighted by molar-refractivity contribution is 0.223. The van der Waals surface area contributed by atoms with Crippen molar-refractivity contribution in [1.82, 2.24) is 14.8 Å². The average Bonchev–Trinajstić information content (AvgIpc) is 3.47. The Balaban J connectivity index is 1.64. The lowest BCUT2D eigenvalue weighted by Gasteiger charge is -2.38. The van der Waals surface area contributed by atoms with Crippen LogP contribution >= 0.6 is 34.7 Å². The first-order chi connectivity index (χ1) is 15.2. The molecule has 0 spiro atoms. The van der Waals surface area contributed by atoms with Gasteiger partial charge in [-0.3, -0.25) is 0 Å². The predicted molar refractivity (Wildman–Crippen MR) is 126 cm³/mol. The van der Waals surface area contributed by atoms with Gasteiger partial charge >= 0.3 is 0 Å². The molecule has 2 aromatic carbocycles. The van der Waals surface area contributed by atoms with Crippen molar-refractivity contribution in [2.75, 3.05) is 11.6 Å². The maximum atomic E-state index is 6.60. The third-order valence-corrected chi connectivity index (χ3v) is 7.21. The fourth-order valence-corrected chi connectivity index (χ4v) is 5.54. The number of rotatable bonds is 3. The molecule has 0 amide bonds. The third-order valence-electron chi connectivity index (χ3n) is 5.51. The first kappa shape index (κ1) is 19.0. The average molecular weight is 465 g/mol. The fraction of sp³-hybridized carbons (Fsp3) is 0.130. The Kier molecular flexibility index (Phi) is 4.56. The summed E-state index contributed by atoms with van der Waals surface area (Å²) in [5.41, 5.74) is 4.13. The minimum absolute atomic E-state index is 0.128. The molecule has 0 bridgehead atoms. The van der Waals surface area contributed by atoms with Crippen LogP contribution in [0.25, 0.3) is 5.70 Å². The molecule has 0 saturated carbocycles. The molecule has 0 unspecified atom stereocenters. The molecule has 8 heteroatoms. The number of ether oxygens (including phenoxy) is 1. The number of nitrogens with one attached hydrogen (secondary N) is 1. The number of benzene rings is 2. The van der Waals surface area contributed by atoms with Crippen LogP contribution in [0, 0.1) is 0 Å². The van der Waals surface area contributed by atoms with Gasteiger partial charge in [0, 0.05) is 21.0 Å². The zero-order valence-electron chi connectivity index (χ0n) is 16.4. The van der Waals surface area contributed by atoms with Crippen molar-refractivity contribution >= 4 is 46.3 Å². The number of fused-ring (bicyclic) bond motifs is 3. The summed E-state index contributed by atoms with van der Waals surface area (Å²) in [6, 6.07) is 20.1. The van der Waals surface area contributed by atoms with Gasteiger partial charge in [-0.2, -0.15) is 4.98 Å². The molecule has 4 aromatic rings.